The van der Waals surface area contributed by atoms with Crippen molar-refractivity contribution in [2.75, 3.05) is 6.54 Å². The van der Waals surface area contributed by atoms with E-state index in [9.17, 15) is 12.8 Å². The average Bonchev–Trinajstić information content (AvgIpc) is 2.96. The Kier molecular flexibility index (Phi) is 4.73. The van der Waals surface area contributed by atoms with E-state index < -0.39 is 10.0 Å². The largest absolute Gasteiger partial charge is 0.245 e. The normalized spacial score (nSPS) is 19.5. The van der Waals surface area contributed by atoms with Crippen molar-refractivity contribution in [3.05, 3.63) is 53.8 Å². The maximum absolute atomic E-state index is 13.8. The highest BCUT2D eigenvalue weighted by atomic mass is 32.2. The van der Waals surface area contributed by atoms with Crippen LogP contribution in [0.2, 0.25) is 0 Å². The number of fused-ring (bicyclic) bond motifs is 1. The lowest BCUT2D eigenvalue weighted by Crippen LogP contribution is -2.35. The summed E-state index contributed by atoms with van der Waals surface area (Å²) in [6, 6.07) is 10.9. The fourth-order valence-corrected chi connectivity index (χ4v) is 5.97. The van der Waals surface area contributed by atoms with Crippen LogP contribution < -0.4 is 0 Å². The van der Waals surface area contributed by atoms with Gasteiger partial charge in [0.1, 0.15) is 21.7 Å². The van der Waals surface area contributed by atoms with Gasteiger partial charge in [0.05, 0.1) is 17.8 Å². The van der Waals surface area contributed by atoms with Crippen LogP contribution >= 0.6 is 11.7 Å². The Morgan fingerprint density at radius 3 is 2.77 bits per heavy atom. The summed E-state index contributed by atoms with van der Waals surface area (Å²) in [5.74, 6) is -0.352. The molecule has 136 valence electrons. The molecule has 2 heterocycles. The van der Waals surface area contributed by atoms with Gasteiger partial charge in [-0.15, -0.1) is 0 Å². The molecule has 0 amide bonds. The summed E-state index contributed by atoms with van der Waals surface area (Å²) >= 11 is 1.00. The second kappa shape index (κ2) is 7.02. The smallest absolute Gasteiger partial charge is 0.207 e. The molecule has 0 radical (unpaired) electrons. The van der Waals surface area contributed by atoms with Crippen LogP contribution in [-0.2, 0) is 10.0 Å². The summed E-state index contributed by atoms with van der Waals surface area (Å²) in [5, 5.41) is 0. The summed E-state index contributed by atoms with van der Waals surface area (Å²) in [7, 11) is -3.78. The van der Waals surface area contributed by atoms with Gasteiger partial charge in [-0.3, -0.25) is 0 Å². The molecule has 0 bridgehead atoms. The number of aromatic nitrogens is 2. The molecule has 1 aliphatic rings. The molecule has 3 aromatic rings. The Morgan fingerprint density at radius 2 is 1.92 bits per heavy atom. The fourth-order valence-electron chi connectivity index (χ4n) is 3.53. The van der Waals surface area contributed by atoms with Crippen LogP contribution in [0.4, 0.5) is 4.39 Å². The molecule has 8 heteroatoms. The van der Waals surface area contributed by atoms with Crippen LogP contribution in [0, 0.1) is 5.82 Å². The van der Waals surface area contributed by atoms with Crippen LogP contribution in [0.1, 0.15) is 37.3 Å². The first-order valence-corrected chi connectivity index (χ1v) is 10.7. The lowest BCUT2D eigenvalue weighted by molar-refractivity contribution is 0.328. The van der Waals surface area contributed by atoms with E-state index in [1.807, 2.05) is 0 Å². The zero-order chi connectivity index (χ0) is 18.1. The van der Waals surface area contributed by atoms with Crippen LogP contribution in [-0.4, -0.2) is 28.0 Å². The molecular weight excluding hydrogens is 373 g/mol. The highest BCUT2D eigenvalue weighted by molar-refractivity contribution is 7.89. The molecule has 0 unspecified atom stereocenters. The maximum Gasteiger partial charge on any atom is 0.245 e. The van der Waals surface area contributed by atoms with Crippen molar-refractivity contribution in [2.24, 2.45) is 0 Å². The van der Waals surface area contributed by atoms with E-state index in [0.717, 1.165) is 31.0 Å². The van der Waals surface area contributed by atoms with Crippen LogP contribution in [0.3, 0.4) is 0 Å². The van der Waals surface area contributed by atoms with Gasteiger partial charge >= 0.3 is 0 Å². The minimum absolute atomic E-state index is 0.173. The van der Waals surface area contributed by atoms with E-state index in [1.54, 1.807) is 30.3 Å². The molecule has 0 spiro atoms. The summed E-state index contributed by atoms with van der Waals surface area (Å²) < 4.78 is 50.6. The van der Waals surface area contributed by atoms with Crippen molar-refractivity contribution in [1.29, 1.82) is 0 Å². The summed E-state index contributed by atoms with van der Waals surface area (Å²) in [4.78, 5) is 0.173. The number of hydrogen-bond donors (Lipinski definition) is 0. The Balaban J connectivity index is 1.83. The lowest BCUT2D eigenvalue weighted by Gasteiger charge is -2.29. The first-order valence-electron chi connectivity index (χ1n) is 8.56. The second-order valence-electron chi connectivity index (χ2n) is 6.42. The van der Waals surface area contributed by atoms with Crippen molar-refractivity contribution in [3.8, 4) is 0 Å². The van der Waals surface area contributed by atoms with Gasteiger partial charge in [-0.05, 0) is 42.7 Å². The first kappa shape index (κ1) is 17.5. The number of sulfonamides is 1. The molecule has 0 N–H and O–H groups in total. The molecule has 2 aromatic carbocycles. The molecule has 1 aliphatic heterocycles. The first-order chi connectivity index (χ1) is 12.6. The number of rotatable bonds is 3. The van der Waals surface area contributed by atoms with E-state index in [-0.39, 0.29) is 16.8 Å². The second-order valence-corrected chi connectivity index (χ2v) is 8.81. The van der Waals surface area contributed by atoms with Gasteiger partial charge in [-0.2, -0.15) is 13.1 Å². The van der Waals surface area contributed by atoms with E-state index in [2.05, 4.69) is 8.75 Å². The third kappa shape index (κ3) is 3.13. The number of benzene rings is 2. The molecule has 0 saturated carbocycles. The average molecular weight is 391 g/mol. The van der Waals surface area contributed by atoms with Crippen molar-refractivity contribution >= 4 is 32.8 Å². The third-order valence-electron chi connectivity index (χ3n) is 4.77. The zero-order valence-electron chi connectivity index (χ0n) is 14.0. The van der Waals surface area contributed by atoms with E-state index in [1.165, 1.54) is 16.4 Å². The predicted octanol–water partition coefficient (Wildman–Crippen LogP) is 4.14. The quantitative estimate of drug-likeness (QED) is 0.673. The highest BCUT2D eigenvalue weighted by Crippen LogP contribution is 2.36. The monoisotopic (exact) mass is 391 g/mol. The van der Waals surface area contributed by atoms with Crippen molar-refractivity contribution in [3.63, 3.8) is 0 Å². The lowest BCUT2D eigenvalue weighted by atomic mass is 10.0. The molecule has 0 aliphatic carbocycles. The van der Waals surface area contributed by atoms with Gasteiger partial charge in [0.15, 0.2) is 0 Å². The Morgan fingerprint density at radius 1 is 1.08 bits per heavy atom. The van der Waals surface area contributed by atoms with E-state index >= 15 is 0 Å². The highest BCUT2D eigenvalue weighted by Gasteiger charge is 2.35. The Labute approximate surface area is 155 Å². The number of halogens is 1. The van der Waals surface area contributed by atoms with Gasteiger partial charge in [0.25, 0.3) is 0 Å². The molecule has 4 rings (SSSR count). The van der Waals surface area contributed by atoms with Crippen molar-refractivity contribution < 1.29 is 12.8 Å². The van der Waals surface area contributed by atoms with Crippen LogP contribution in [0.5, 0.6) is 0 Å². The molecule has 1 aromatic heterocycles. The van der Waals surface area contributed by atoms with Crippen LogP contribution in [0.15, 0.2) is 47.4 Å². The van der Waals surface area contributed by atoms with Gasteiger partial charge in [0.2, 0.25) is 10.0 Å². The maximum atomic E-state index is 13.8. The topological polar surface area (TPSA) is 63.2 Å². The molecular formula is C18H18FN3O2S2. The summed E-state index contributed by atoms with van der Waals surface area (Å²) in [5.41, 5.74) is 1.67. The third-order valence-corrected chi connectivity index (χ3v) is 7.26. The zero-order valence-corrected chi connectivity index (χ0v) is 15.6. The summed E-state index contributed by atoms with van der Waals surface area (Å²) in [6.45, 7) is 0.414. The van der Waals surface area contributed by atoms with Gasteiger partial charge in [-0.25, -0.2) is 12.8 Å². The predicted molar refractivity (Wildman–Crippen MR) is 98.9 cm³/mol. The van der Waals surface area contributed by atoms with Gasteiger partial charge < -0.3 is 0 Å². The molecule has 5 nitrogen and oxygen atoms in total. The van der Waals surface area contributed by atoms with Crippen LogP contribution in [0.25, 0.3) is 11.0 Å². The number of nitrogens with zero attached hydrogens (tertiary/aromatic N) is 3. The molecule has 1 saturated heterocycles. The SMILES string of the molecule is O=S(=O)(c1cccc2nsnc12)N1CCCCC[C@H]1c1cccc(F)c1. The molecule has 26 heavy (non-hydrogen) atoms. The summed E-state index contributed by atoms with van der Waals surface area (Å²) in [6.07, 6.45) is 3.33. The standard InChI is InChI=1S/C18H18FN3O2S2/c19-14-7-4-6-13(12-14)16-9-2-1-3-11-22(16)26(23,24)17-10-5-8-15-18(17)21-25-20-15/h4-8,10,12,16H,1-3,9,11H2/t16-/m0/s1. The van der Waals surface area contributed by atoms with E-state index in [4.69, 9.17) is 0 Å². The van der Waals surface area contributed by atoms with Gasteiger partial charge in [-0.1, -0.05) is 31.0 Å². The van der Waals surface area contributed by atoms with Crippen molar-refractivity contribution in [1.82, 2.24) is 13.1 Å². The van der Waals surface area contributed by atoms with E-state index in [0.29, 0.717) is 29.6 Å². The molecule has 1 atom stereocenters. The Bertz CT molecular complexity index is 1040. The van der Waals surface area contributed by atoms with Crippen molar-refractivity contribution in [2.45, 2.75) is 36.6 Å². The minimum atomic E-state index is -3.78. The van der Waals surface area contributed by atoms with Gasteiger partial charge in [0, 0.05) is 6.54 Å². The Hall–Kier alpha value is -1.90. The fraction of sp³-hybridized carbons (Fsp3) is 0.333. The molecule has 1 fully saturated rings. The number of hydrogen-bond acceptors (Lipinski definition) is 5. The minimum Gasteiger partial charge on any atom is -0.207 e.